The molecule has 1 aromatic heterocycles. The van der Waals surface area contributed by atoms with Crippen molar-refractivity contribution in [2.24, 2.45) is 0 Å². The molecule has 1 aliphatic rings. The summed E-state index contributed by atoms with van der Waals surface area (Å²) in [5.41, 5.74) is 13.0. The summed E-state index contributed by atoms with van der Waals surface area (Å²) in [5.74, 6) is 1.96. The van der Waals surface area contributed by atoms with E-state index >= 15 is 0 Å². The molecule has 0 unspecified atom stereocenters. The van der Waals surface area contributed by atoms with Crippen molar-refractivity contribution in [1.29, 1.82) is 0 Å². The standard InChI is InChI=1S/C50H35N3/c1-50(2)45-22-10-9-21-42(45)44-30-39-24-23-38-28-37(25-26-41(38)43(39)31-46(44)50)35-18-11-17-34(27-35)36-19-12-20-40(29-36)49-52-47(32-13-5-3-6-14-32)51-48(53-49)33-15-7-4-8-16-33/h3-31H,1-2H3. The van der Waals surface area contributed by atoms with Gasteiger partial charge in [0.2, 0.25) is 0 Å². The van der Waals surface area contributed by atoms with Crippen LogP contribution in [0, 0.1) is 0 Å². The molecule has 0 bridgehead atoms. The van der Waals surface area contributed by atoms with Crippen molar-refractivity contribution in [3.63, 3.8) is 0 Å². The summed E-state index contributed by atoms with van der Waals surface area (Å²) in [7, 11) is 0. The molecule has 0 aliphatic heterocycles. The third kappa shape index (κ3) is 5.32. The molecular weight excluding hydrogens is 643 g/mol. The van der Waals surface area contributed by atoms with Crippen molar-refractivity contribution in [3.05, 3.63) is 187 Å². The summed E-state index contributed by atoms with van der Waals surface area (Å²) >= 11 is 0. The lowest BCUT2D eigenvalue weighted by molar-refractivity contribution is 0.661. The van der Waals surface area contributed by atoms with Crippen LogP contribution in [0.3, 0.4) is 0 Å². The van der Waals surface area contributed by atoms with E-state index in [1.54, 1.807) is 0 Å². The van der Waals surface area contributed by atoms with E-state index in [1.807, 2.05) is 60.7 Å². The Morgan fingerprint density at radius 2 is 0.811 bits per heavy atom. The minimum atomic E-state index is -0.0299. The Balaban J connectivity index is 1.02. The summed E-state index contributed by atoms with van der Waals surface area (Å²) < 4.78 is 0. The molecule has 10 rings (SSSR count). The molecule has 0 fully saturated rings. The molecule has 3 nitrogen and oxygen atoms in total. The fraction of sp³-hybridized carbons (Fsp3) is 0.0600. The third-order valence-electron chi connectivity index (χ3n) is 10.9. The molecule has 1 aliphatic carbocycles. The lowest BCUT2D eigenvalue weighted by atomic mass is 9.81. The molecule has 0 atom stereocenters. The minimum absolute atomic E-state index is 0.0299. The van der Waals surface area contributed by atoms with Gasteiger partial charge >= 0.3 is 0 Å². The Morgan fingerprint density at radius 3 is 1.45 bits per heavy atom. The Kier molecular flexibility index (Phi) is 7.16. The molecular formula is C50H35N3. The number of aromatic nitrogens is 3. The van der Waals surface area contributed by atoms with Gasteiger partial charge in [-0.3, -0.25) is 0 Å². The van der Waals surface area contributed by atoms with E-state index in [-0.39, 0.29) is 5.41 Å². The van der Waals surface area contributed by atoms with Crippen LogP contribution in [-0.4, -0.2) is 15.0 Å². The highest BCUT2D eigenvalue weighted by Gasteiger charge is 2.35. The SMILES string of the molecule is CC1(C)c2ccccc2-c2cc3ccc4cc(-c5cccc(-c6cccc(-c7nc(-c8ccccc8)nc(-c8ccccc8)n7)c6)c5)ccc4c3cc21. The first-order valence-electron chi connectivity index (χ1n) is 18.2. The van der Waals surface area contributed by atoms with Gasteiger partial charge in [-0.2, -0.15) is 0 Å². The van der Waals surface area contributed by atoms with Crippen molar-refractivity contribution in [1.82, 2.24) is 15.0 Å². The highest BCUT2D eigenvalue weighted by Crippen LogP contribution is 2.50. The van der Waals surface area contributed by atoms with Crippen molar-refractivity contribution in [3.8, 4) is 67.5 Å². The first-order chi connectivity index (χ1) is 26.0. The first kappa shape index (κ1) is 31.1. The second-order valence-corrected chi connectivity index (χ2v) is 14.5. The summed E-state index contributed by atoms with van der Waals surface area (Å²) in [6.07, 6.45) is 0. The zero-order valence-electron chi connectivity index (χ0n) is 29.6. The molecule has 0 amide bonds. The van der Waals surface area contributed by atoms with Gasteiger partial charge in [-0.05, 0) is 96.4 Å². The van der Waals surface area contributed by atoms with Crippen molar-refractivity contribution in [2.45, 2.75) is 19.3 Å². The molecule has 0 radical (unpaired) electrons. The van der Waals surface area contributed by atoms with E-state index in [0.29, 0.717) is 17.5 Å². The summed E-state index contributed by atoms with van der Waals surface area (Å²) in [4.78, 5) is 14.8. The topological polar surface area (TPSA) is 38.7 Å². The largest absolute Gasteiger partial charge is 0.208 e. The maximum Gasteiger partial charge on any atom is 0.164 e. The van der Waals surface area contributed by atoms with Gasteiger partial charge in [-0.15, -0.1) is 0 Å². The van der Waals surface area contributed by atoms with Crippen LogP contribution >= 0.6 is 0 Å². The van der Waals surface area contributed by atoms with Crippen LogP contribution in [0.1, 0.15) is 25.0 Å². The molecule has 0 N–H and O–H groups in total. The lowest BCUT2D eigenvalue weighted by Gasteiger charge is -2.22. The fourth-order valence-electron chi connectivity index (χ4n) is 8.09. The third-order valence-corrected chi connectivity index (χ3v) is 10.9. The Hall–Kier alpha value is -6.71. The van der Waals surface area contributed by atoms with Crippen LogP contribution in [-0.2, 0) is 5.41 Å². The summed E-state index contributed by atoms with van der Waals surface area (Å²) in [6.45, 7) is 4.70. The van der Waals surface area contributed by atoms with E-state index in [2.05, 4.69) is 129 Å². The number of nitrogens with zero attached hydrogens (tertiary/aromatic N) is 3. The molecule has 0 saturated carbocycles. The smallest absolute Gasteiger partial charge is 0.164 e. The number of rotatable bonds is 5. The summed E-state index contributed by atoms with van der Waals surface area (Å²) in [5, 5.41) is 5.12. The first-order valence-corrected chi connectivity index (χ1v) is 18.2. The van der Waals surface area contributed by atoms with Gasteiger partial charge in [-0.1, -0.05) is 159 Å². The zero-order valence-corrected chi connectivity index (χ0v) is 29.6. The van der Waals surface area contributed by atoms with Crippen LogP contribution < -0.4 is 0 Å². The number of hydrogen-bond donors (Lipinski definition) is 0. The van der Waals surface area contributed by atoms with Gasteiger partial charge in [0.25, 0.3) is 0 Å². The predicted octanol–water partition coefficient (Wildman–Crippen LogP) is 12.8. The van der Waals surface area contributed by atoms with Crippen molar-refractivity contribution >= 4 is 21.5 Å². The van der Waals surface area contributed by atoms with E-state index in [4.69, 9.17) is 15.0 Å². The van der Waals surface area contributed by atoms with E-state index in [0.717, 1.165) is 27.8 Å². The van der Waals surface area contributed by atoms with Gasteiger partial charge in [-0.25, -0.2) is 15.0 Å². The Morgan fingerprint density at radius 1 is 0.321 bits per heavy atom. The van der Waals surface area contributed by atoms with Crippen molar-refractivity contribution < 1.29 is 0 Å². The lowest BCUT2D eigenvalue weighted by Crippen LogP contribution is -2.14. The number of hydrogen-bond acceptors (Lipinski definition) is 3. The molecule has 1 heterocycles. The number of fused-ring (bicyclic) bond motifs is 6. The second-order valence-electron chi connectivity index (χ2n) is 14.5. The van der Waals surface area contributed by atoms with Crippen LogP contribution in [0.5, 0.6) is 0 Å². The van der Waals surface area contributed by atoms with Crippen molar-refractivity contribution in [2.75, 3.05) is 0 Å². The Labute approximate surface area is 309 Å². The molecule has 9 aromatic rings. The zero-order chi connectivity index (χ0) is 35.5. The molecule has 3 heteroatoms. The minimum Gasteiger partial charge on any atom is -0.208 e. The maximum absolute atomic E-state index is 4.97. The second kappa shape index (κ2) is 12.2. The van der Waals surface area contributed by atoms with Gasteiger partial charge in [0, 0.05) is 22.1 Å². The monoisotopic (exact) mass is 677 g/mol. The molecule has 0 saturated heterocycles. The highest BCUT2D eigenvalue weighted by molar-refractivity contribution is 6.10. The Bertz CT molecular complexity index is 2800. The average Bonchev–Trinajstić information content (AvgIpc) is 3.45. The van der Waals surface area contributed by atoms with Gasteiger partial charge in [0.15, 0.2) is 17.5 Å². The van der Waals surface area contributed by atoms with E-state index < -0.39 is 0 Å². The van der Waals surface area contributed by atoms with Crippen LogP contribution in [0.4, 0.5) is 0 Å². The van der Waals surface area contributed by atoms with Gasteiger partial charge in [0.1, 0.15) is 0 Å². The number of benzene rings is 8. The fourth-order valence-corrected chi connectivity index (χ4v) is 8.09. The summed E-state index contributed by atoms with van der Waals surface area (Å²) in [6, 6.07) is 62.7. The van der Waals surface area contributed by atoms with E-state index in [9.17, 15) is 0 Å². The van der Waals surface area contributed by atoms with Crippen LogP contribution in [0.2, 0.25) is 0 Å². The normalized spacial score (nSPS) is 12.9. The van der Waals surface area contributed by atoms with Crippen LogP contribution in [0.15, 0.2) is 176 Å². The molecule has 8 aromatic carbocycles. The predicted molar refractivity (Wildman–Crippen MR) is 220 cm³/mol. The quantitative estimate of drug-likeness (QED) is 0.170. The highest BCUT2D eigenvalue weighted by atomic mass is 15.0. The average molecular weight is 678 g/mol. The molecule has 250 valence electrons. The van der Waals surface area contributed by atoms with Crippen LogP contribution in [0.25, 0.3) is 89.1 Å². The maximum atomic E-state index is 4.97. The molecule has 0 spiro atoms. The van der Waals surface area contributed by atoms with Gasteiger partial charge in [0.05, 0.1) is 0 Å². The molecule has 53 heavy (non-hydrogen) atoms. The van der Waals surface area contributed by atoms with Gasteiger partial charge < -0.3 is 0 Å². The van der Waals surface area contributed by atoms with E-state index in [1.165, 1.54) is 54.9 Å².